The Balaban J connectivity index is 2.26. The van der Waals surface area contributed by atoms with E-state index in [1.54, 1.807) is 0 Å². The summed E-state index contributed by atoms with van der Waals surface area (Å²) in [5.41, 5.74) is 1.47. The van der Waals surface area contributed by atoms with Crippen molar-refractivity contribution in [2.45, 2.75) is 46.0 Å². The molecule has 0 heterocycles. The molecule has 74 valence electrons. The van der Waals surface area contributed by atoms with Crippen molar-refractivity contribution in [3.63, 3.8) is 0 Å². The Morgan fingerprint density at radius 2 is 2.23 bits per heavy atom. The standard InChI is InChI=1S/C11H19NO/c1-8-10(12-13)7-9-5-3-4-6-11(8,9)2/h8-9,13H,3-7H2,1-2H3/b12-10-/t8-,9-,11+/m0/s1. The minimum atomic E-state index is 0.430. The van der Waals surface area contributed by atoms with E-state index in [-0.39, 0.29) is 0 Å². The van der Waals surface area contributed by atoms with Crippen molar-refractivity contribution < 1.29 is 5.21 Å². The van der Waals surface area contributed by atoms with E-state index in [2.05, 4.69) is 19.0 Å². The van der Waals surface area contributed by atoms with Crippen LogP contribution in [0.1, 0.15) is 46.0 Å². The SMILES string of the molecule is C[C@H]1/C(=N\O)C[C@@H]2CCCC[C@@]21C. The quantitative estimate of drug-likeness (QED) is 0.452. The average Bonchev–Trinajstić information content (AvgIpc) is 2.40. The smallest absolute Gasteiger partial charge is 0.0607 e. The number of oxime groups is 1. The van der Waals surface area contributed by atoms with Gasteiger partial charge in [-0.2, -0.15) is 0 Å². The Bertz CT molecular complexity index is 236. The summed E-state index contributed by atoms with van der Waals surface area (Å²) in [6.45, 7) is 4.60. The molecule has 0 amide bonds. The van der Waals surface area contributed by atoms with Gasteiger partial charge in [0.15, 0.2) is 0 Å². The van der Waals surface area contributed by atoms with Crippen LogP contribution in [0.4, 0.5) is 0 Å². The Kier molecular flexibility index (Phi) is 2.09. The summed E-state index contributed by atoms with van der Waals surface area (Å²) in [6.07, 6.45) is 6.41. The highest BCUT2D eigenvalue weighted by Gasteiger charge is 2.48. The molecular weight excluding hydrogens is 162 g/mol. The lowest BCUT2D eigenvalue weighted by atomic mass is 9.66. The summed E-state index contributed by atoms with van der Waals surface area (Å²) < 4.78 is 0. The monoisotopic (exact) mass is 181 g/mol. The fraction of sp³-hybridized carbons (Fsp3) is 0.909. The molecule has 2 fully saturated rings. The molecule has 2 nitrogen and oxygen atoms in total. The van der Waals surface area contributed by atoms with Gasteiger partial charge in [-0.25, -0.2) is 0 Å². The van der Waals surface area contributed by atoms with Crippen LogP contribution in [-0.4, -0.2) is 10.9 Å². The fourth-order valence-corrected chi connectivity index (χ4v) is 3.27. The van der Waals surface area contributed by atoms with Crippen LogP contribution in [0.15, 0.2) is 5.16 Å². The molecule has 0 aromatic carbocycles. The van der Waals surface area contributed by atoms with E-state index in [9.17, 15) is 0 Å². The van der Waals surface area contributed by atoms with E-state index in [1.807, 2.05) is 0 Å². The van der Waals surface area contributed by atoms with Gasteiger partial charge >= 0.3 is 0 Å². The minimum Gasteiger partial charge on any atom is -0.411 e. The second kappa shape index (κ2) is 3.00. The summed E-state index contributed by atoms with van der Waals surface area (Å²) in [5, 5.41) is 12.3. The third-order valence-corrected chi connectivity index (χ3v) is 4.52. The highest BCUT2D eigenvalue weighted by atomic mass is 16.4. The molecule has 0 saturated heterocycles. The normalized spacial score (nSPS) is 48.0. The third kappa shape index (κ3) is 1.18. The predicted molar refractivity (Wildman–Crippen MR) is 53.1 cm³/mol. The molecule has 0 radical (unpaired) electrons. The maximum atomic E-state index is 8.89. The molecule has 0 spiro atoms. The number of hydrogen-bond donors (Lipinski definition) is 1. The van der Waals surface area contributed by atoms with Crippen molar-refractivity contribution in [3.05, 3.63) is 0 Å². The van der Waals surface area contributed by atoms with Crippen LogP contribution >= 0.6 is 0 Å². The molecule has 1 N–H and O–H groups in total. The summed E-state index contributed by atoms with van der Waals surface area (Å²) in [4.78, 5) is 0. The van der Waals surface area contributed by atoms with E-state index in [4.69, 9.17) is 5.21 Å². The van der Waals surface area contributed by atoms with E-state index < -0.39 is 0 Å². The van der Waals surface area contributed by atoms with Gasteiger partial charge < -0.3 is 5.21 Å². The lowest BCUT2D eigenvalue weighted by Crippen LogP contribution is -2.31. The maximum absolute atomic E-state index is 8.89. The third-order valence-electron chi connectivity index (χ3n) is 4.52. The summed E-state index contributed by atoms with van der Waals surface area (Å²) in [6, 6.07) is 0. The van der Waals surface area contributed by atoms with E-state index in [0.717, 1.165) is 18.1 Å². The highest BCUT2D eigenvalue weighted by molar-refractivity contribution is 5.89. The van der Waals surface area contributed by atoms with Gasteiger partial charge in [-0.3, -0.25) is 0 Å². The van der Waals surface area contributed by atoms with Crippen molar-refractivity contribution >= 4 is 5.71 Å². The number of fused-ring (bicyclic) bond motifs is 1. The second-order valence-electron chi connectivity index (χ2n) is 4.97. The maximum Gasteiger partial charge on any atom is 0.0607 e. The van der Waals surface area contributed by atoms with E-state index in [0.29, 0.717) is 11.3 Å². The molecule has 0 aliphatic heterocycles. The van der Waals surface area contributed by atoms with Crippen molar-refractivity contribution in [2.24, 2.45) is 22.4 Å². The Labute approximate surface area is 80.0 Å². The molecule has 2 saturated carbocycles. The average molecular weight is 181 g/mol. The van der Waals surface area contributed by atoms with Gasteiger partial charge in [-0.15, -0.1) is 0 Å². The highest BCUT2D eigenvalue weighted by Crippen LogP contribution is 2.53. The topological polar surface area (TPSA) is 32.6 Å². The van der Waals surface area contributed by atoms with Gasteiger partial charge in [0.2, 0.25) is 0 Å². The lowest BCUT2D eigenvalue weighted by molar-refractivity contribution is 0.115. The predicted octanol–water partition coefficient (Wildman–Crippen LogP) is 3.05. The van der Waals surface area contributed by atoms with Gasteiger partial charge in [0, 0.05) is 5.92 Å². The van der Waals surface area contributed by atoms with E-state index in [1.165, 1.54) is 25.7 Å². The lowest BCUT2D eigenvalue weighted by Gasteiger charge is -2.38. The molecule has 13 heavy (non-hydrogen) atoms. The molecule has 2 rings (SSSR count). The second-order valence-corrected chi connectivity index (χ2v) is 4.97. The summed E-state index contributed by atoms with van der Waals surface area (Å²) in [5.74, 6) is 1.27. The first-order valence-corrected chi connectivity index (χ1v) is 5.39. The summed E-state index contributed by atoms with van der Waals surface area (Å²) >= 11 is 0. The van der Waals surface area contributed by atoms with Gasteiger partial charge in [-0.1, -0.05) is 31.8 Å². The largest absolute Gasteiger partial charge is 0.411 e. The van der Waals surface area contributed by atoms with Gasteiger partial charge in [0.25, 0.3) is 0 Å². The first kappa shape index (κ1) is 9.04. The zero-order valence-electron chi connectivity index (χ0n) is 8.58. The molecule has 0 bridgehead atoms. The Hall–Kier alpha value is -0.530. The van der Waals surface area contributed by atoms with Crippen LogP contribution in [0.2, 0.25) is 0 Å². The van der Waals surface area contributed by atoms with Crippen LogP contribution in [0.25, 0.3) is 0 Å². The van der Waals surface area contributed by atoms with Gasteiger partial charge in [-0.05, 0) is 30.6 Å². The first-order chi connectivity index (χ1) is 6.18. The molecule has 0 aromatic rings. The zero-order valence-corrected chi connectivity index (χ0v) is 8.58. The number of rotatable bonds is 0. The molecule has 0 unspecified atom stereocenters. The molecular formula is C11H19NO. The minimum absolute atomic E-state index is 0.430. The van der Waals surface area contributed by atoms with Crippen molar-refractivity contribution in [3.8, 4) is 0 Å². The van der Waals surface area contributed by atoms with E-state index >= 15 is 0 Å². The first-order valence-electron chi connectivity index (χ1n) is 5.39. The van der Waals surface area contributed by atoms with Crippen LogP contribution in [0, 0.1) is 17.3 Å². The van der Waals surface area contributed by atoms with Gasteiger partial charge in [0.1, 0.15) is 0 Å². The Morgan fingerprint density at radius 1 is 1.46 bits per heavy atom. The summed E-state index contributed by atoms with van der Waals surface area (Å²) in [7, 11) is 0. The van der Waals surface area contributed by atoms with Gasteiger partial charge in [0.05, 0.1) is 5.71 Å². The van der Waals surface area contributed by atoms with Crippen LogP contribution in [-0.2, 0) is 0 Å². The molecule has 2 aliphatic carbocycles. The van der Waals surface area contributed by atoms with Crippen LogP contribution in [0.5, 0.6) is 0 Å². The zero-order chi connectivity index (χ0) is 9.47. The number of nitrogens with zero attached hydrogens (tertiary/aromatic N) is 1. The molecule has 0 aromatic heterocycles. The number of hydrogen-bond acceptors (Lipinski definition) is 2. The van der Waals surface area contributed by atoms with Crippen molar-refractivity contribution in [2.75, 3.05) is 0 Å². The Morgan fingerprint density at radius 3 is 2.85 bits per heavy atom. The fourth-order valence-electron chi connectivity index (χ4n) is 3.27. The molecule has 2 heteroatoms. The molecule has 3 atom stereocenters. The van der Waals surface area contributed by atoms with Crippen LogP contribution in [0.3, 0.4) is 0 Å². The molecule has 2 aliphatic rings. The van der Waals surface area contributed by atoms with Crippen molar-refractivity contribution in [1.82, 2.24) is 0 Å². The van der Waals surface area contributed by atoms with Crippen molar-refractivity contribution in [1.29, 1.82) is 0 Å². The van der Waals surface area contributed by atoms with Crippen LogP contribution < -0.4 is 0 Å².